The van der Waals surface area contributed by atoms with Crippen molar-refractivity contribution in [3.05, 3.63) is 34.3 Å². The van der Waals surface area contributed by atoms with Gasteiger partial charge in [-0.3, -0.25) is 9.59 Å². The maximum absolute atomic E-state index is 12.0. The van der Waals surface area contributed by atoms with Crippen molar-refractivity contribution in [2.45, 2.75) is 32.4 Å². The van der Waals surface area contributed by atoms with Gasteiger partial charge in [0.25, 0.3) is 0 Å². The number of esters is 1. The van der Waals surface area contributed by atoms with Crippen LogP contribution in [0.25, 0.3) is 0 Å². The van der Waals surface area contributed by atoms with Gasteiger partial charge in [-0.05, 0) is 38.5 Å². The summed E-state index contributed by atoms with van der Waals surface area (Å²) in [7, 11) is 0. The van der Waals surface area contributed by atoms with Gasteiger partial charge in [-0.1, -0.05) is 28.1 Å². The van der Waals surface area contributed by atoms with Crippen LogP contribution in [0, 0.1) is 5.92 Å². The molecule has 0 fully saturated rings. The maximum atomic E-state index is 12.0. The topological polar surface area (TPSA) is 89.6 Å². The minimum Gasteiger partial charge on any atom is -0.481 e. The Morgan fingerprint density at radius 3 is 2.15 bits per heavy atom. The Hall–Kier alpha value is -1.40. The molecule has 0 saturated carbocycles. The number of carbonyl (C=O) groups excluding carboxylic acids is 1. The first-order valence-electron chi connectivity index (χ1n) is 6.08. The number of carboxylic acids is 1. The molecule has 0 saturated heterocycles. The summed E-state index contributed by atoms with van der Waals surface area (Å²) in [5, 5.41) is 9.24. The lowest BCUT2D eigenvalue weighted by molar-refractivity contribution is -0.167. The summed E-state index contributed by atoms with van der Waals surface area (Å²) in [6, 6.07) is 5.87. The number of nitrogens with two attached hydrogens (primary N) is 1. The van der Waals surface area contributed by atoms with Crippen molar-refractivity contribution in [2.24, 2.45) is 11.7 Å². The zero-order valence-electron chi connectivity index (χ0n) is 11.6. The largest absolute Gasteiger partial charge is 0.481 e. The summed E-state index contributed by atoms with van der Waals surface area (Å²) in [5.41, 5.74) is 5.71. The summed E-state index contributed by atoms with van der Waals surface area (Å²) in [6.45, 7) is 5.03. The molecular weight excluding hydrogens is 326 g/mol. The molecule has 2 atom stereocenters. The van der Waals surface area contributed by atoms with E-state index in [4.69, 9.17) is 10.5 Å². The van der Waals surface area contributed by atoms with Gasteiger partial charge in [0.2, 0.25) is 0 Å². The van der Waals surface area contributed by atoms with Crippen molar-refractivity contribution in [3.8, 4) is 0 Å². The molecule has 1 aromatic rings. The zero-order valence-corrected chi connectivity index (χ0v) is 13.2. The normalized spacial score (nSPS) is 14.4. The fraction of sp³-hybridized carbons (Fsp3) is 0.429. The SMILES string of the molecule is CC(C)(C)OC(=O)[C@H](C(=O)O)[C@H](N)c1ccc(Br)cc1. The number of hydrogen-bond acceptors (Lipinski definition) is 4. The van der Waals surface area contributed by atoms with Gasteiger partial charge in [0.05, 0.1) is 6.04 Å². The Balaban J connectivity index is 2.99. The van der Waals surface area contributed by atoms with Crippen LogP contribution in [0.15, 0.2) is 28.7 Å². The van der Waals surface area contributed by atoms with Crippen molar-refractivity contribution in [2.75, 3.05) is 0 Å². The van der Waals surface area contributed by atoms with Crippen LogP contribution in [0.5, 0.6) is 0 Å². The maximum Gasteiger partial charge on any atom is 0.322 e. The van der Waals surface area contributed by atoms with Crippen LogP contribution in [0.1, 0.15) is 32.4 Å². The highest BCUT2D eigenvalue weighted by molar-refractivity contribution is 9.10. The third-order valence-electron chi connectivity index (χ3n) is 2.54. The van der Waals surface area contributed by atoms with Crippen LogP contribution in [0.4, 0.5) is 0 Å². The lowest BCUT2D eigenvalue weighted by atomic mass is 9.93. The summed E-state index contributed by atoms with van der Waals surface area (Å²) in [6.07, 6.45) is 0. The summed E-state index contributed by atoms with van der Waals surface area (Å²) < 4.78 is 5.96. The fourth-order valence-electron chi connectivity index (χ4n) is 1.64. The lowest BCUT2D eigenvalue weighted by Crippen LogP contribution is -2.39. The molecule has 0 aromatic heterocycles. The first-order chi connectivity index (χ1) is 9.11. The number of benzene rings is 1. The van der Waals surface area contributed by atoms with Crippen molar-refractivity contribution < 1.29 is 19.4 Å². The number of ether oxygens (including phenoxy) is 1. The number of carboxylic acid groups (broad SMARTS) is 1. The molecule has 110 valence electrons. The first kappa shape index (κ1) is 16.7. The van der Waals surface area contributed by atoms with Crippen LogP contribution in [0.2, 0.25) is 0 Å². The highest BCUT2D eigenvalue weighted by Gasteiger charge is 2.37. The van der Waals surface area contributed by atoms with Crippen LogP contribution < -0.4 is 5.73 Å². The molecule has 20 heavy (non-hydrogen) atoms. The highest BCUT2D eigenvalue weighted by Crippen LogP contribution is 2.24. The number of halogens is 1. The van der Waals surface area contributed by atoms with Crippen molar-refractivity contribution >= 4 is 27.9 Å². The Kier molecular flexibility index (Phi) is 5.30. The Labute approximate surface area is 126 Å². The van der Waals surface area contributed by atoms with E-state index in [1.165, 1.54) is 0 Å². The quantitative estimate of drug-likeness (QED) is 0.647. The molecule has 0 spiro atoms. The predicted molar refractivity (Wildman–Crippen MR) is 78.0 cm³/mol. The third-order valence-corrected chi connectivity index (χ3v) is 3.07. The molecule has 6 heteroatoms. The van der Waals surface area contributed by atoms with Crippen LogP contribution in [-0.2, 0) is 14.3 Å². The van der Waals surface area contributed by atoms with E-state index in [0.29, 0.717) is 5.56 Å². The Bertz CT molecular complexity index is 493. The smallest absolute Gasteiger partial charge is 0.322 e. The summed E-state index contributed by atoms with van der Waals surface area (Å²) >= 11 is 3.28. The highest BCUT2D eigenvalue weighted by atomic mass is 79.9. The number of carbonyl (C=O) groups is 2. The standard InChI is InChI=1S/C14H18BrNO4/c1-14(2,3)20-13(19)10(12(17)18)11(16)8-4-6-9(15)7-5-8/h4-7,10-11H,16H2,1-3H3,(H,17,18)/t10-,11+/m0/s1. The van der Waals surface area contributed by atoms with E-state index in [-0.39, 0.29) is 0 Å². The van der Waals surface area contributed by atoms with E-state index in [0.717, 1.165) is 4.47 Å². The molecule has 0 aliphatic carbocycles. The number of aliphatic carboxylic acids is 1. The molecular formula is C14H18BrNO4. The molecule has 0 aliphatic heterocycles. The molecule has 0 heterocycles. The Morgan fingerprint density at radius 2 is 1.75 bits per heavy atom. The zero-order chi connectivity index (χ0) is 15.5. The average molecular weight is 344 g/mol. The average Bonchev–Trinajstić information content (AvgIpc) is 2.26. The third kappa shape index (κ3) is 4.61. The van der Waals surface area contributed by atoms with Gasteiger partial charge in [0.1, 0.15) is 5.60 Å². The molecule has 0 bridgehead atoms. The monoisotopic (exact) mass is 343 g/mol. The van der Waals surface area contributed by atoms with Gasteiger partial charge >= 0.3 is 11.9 Å². The van der Waals surface area contributed by atoms with Gasteiger partial charge in [-0.2, -0.15) is 0 Å². The Morgan fingerprint density at radius 1 is 1.25 bits per heavy atom. The molecule has 5 nitrogen and oxygen atoms in total. The molecule has 0 unspecified atom stereocenters. The van der Waals surface area contributed by atoms with E-state index in [1.54, 1.807) is 45.0 Å². The van der Waals surface area contributed by atoms with Crippen LogP contribution in [-0.4, -0.2) is 22.6 Å². The molecule has 0 radical (unpaired) electrons. The number of hydrogen-bond donors (Lipinski definition) is 2. The van der Waals surface area contributed by atoms with Gasteiger partial charge < -0.3 is 15.6 Å². The van der Waals surface area contributed by atoms with Gasteiger partial charge in [0, 0.05) is 4.47 Å². The minimum absolute atomic E-state index is 0.562. The summed E-state index contributed by atoms with van der Waals surface area (Å²) in [4.78, 5) is 23.3. The lowest BCUT2D eigenvalue weighted by Gasteiger charge is -2.25. The molecule has 1 aromatic carbocycles. The molecule has 3 N–H and O–H groups in total. The molecule has 1 rings (SSSR count). The second-order valence-electron chi connectivity index (χ2n) is 5.43. The van der Waals surface area contributed by atoms with E-state index in [1.807, 2.05) is 0 Å². The first-order valence-corrected chi connectivity index (χ1v) is 6.88. The minimum atomic E-state index is -1.43. The predicted octanol–water partition coefficient (Wildman–Crippen LogP) is 2.49. The van der Waals surface area contributed by atoms with Gasteiger partial charge in [-0.15, -0.1) is 0 Å². The van der Waals surface area contributed by atoms with E-state index in [2.05, 4.69) is 15.9 Å². The summed E-state index contributed by atoms with van der Waals surface area (Å²) in [5.74, 6) is -3.56. The molecule has 0 amide bonds. The van der Waals surface area contributed by atoms with Crippen molar-refractivity contribution in [3.63, 3.8) is 0 Å². The van der Waals surface area contributed by atoms with Crippen molar-refractivity contribution in [1.82, 2.24) is 0 Å². The van der Waals surface area contributed by atoms with Crippen LogP contribution >= 0.6 is 15.9 Å². The molecule has 0 aliphatic rings. The second kappa shape index (κ2) is 6.37. The second-order valence-corrected chi connectivity index (χ2v) is 6.34. The van der Waals surface area contributed by atoms with Crippen LogP contribution in [0.3, 0.4) is 0 Å². The van der Waals surface area contributed by atoms with E-state index in [9.17, 15) is 14.7 Å². The van der Waals surface area contributed by atoms with Gasteiger partial charge in [-0.25, -0.2) is 0 Å². The van der Waals surface area contributed by atoms with Gasteiger partial charge in [0.15, 0.2) is 5.92 Å². The van der Waals surface area contributed by atoms with E-state index >= 15 is 0 Å². The van der Waals surface area contributed by atoms with Crippen molar-refractivity contribution in [1.29, 1.82) is 0 Å². The fourth-order valence-corrected chi connectivity index (χ4v) is 1.91. The number of rotatable bonds is 4. The van der Waals surface area contributed by atoms with E-state index < -0.39 is 29.5 Å².